The molecule has 0 radical (unpaired) electrons. The molecular formula is C11H12N4OS. The normalized spacial score (nSPS) is 10.2. The first-order valence-electron chi connectivity index (χ1n) is 4.95. The number of nitrogen functional groups attached to an aromatic ring is 2. The van der Waals surface area contributed by atoms with Gasteiger partial charge in [-0.25, -0.2) is 4.98 Å². The summed E-state index contributed by atoms with van der Waals surface area (Å²) in [4.78, 5) is 16.9. The lowest BCUT2D eigenvalue weighted by Crippen LogP contribution is -2.12. The van der Waals surface area contributed by atoms with Crippen LogP contribution in [0.15, 0.2) is 24.4 Å². The fraction of sp³-hybridized carbons (Fsp3) is 0.0909. The number of carbonyl (C=O) groups excluding carboxylic acids is 1. The van der Waals surface area contributed by atoms with Crippen LogP contribution in [0.5, 0.6) is 0 Å². The van der Waals surface area contributed by atoms with E-state index in [0.717, 1.165) is 4.88 Å². The Hall–Kier alpha value is -2.08. The Morgan fingerprint density at radius 1 is 1.35 bits per heavy atom. The van der Waals surface area contributed by atoms with Crippen LogP contribution in [0.1, 0.15) is 15.2 Å². The molecule has 5 N–H and O–H groups in total. The average Bonchev–Trinajstić information content (AvgIpc) is 2.68. The highest BCUT2D eigenvalue weighted by atomic mass is 32.1. The maximum atomic E-state index is 11.8. The summed E-state index contributed by atoms with van der Waals surface area (Å²) in [7, 11) is 0. The number of nitrogens with zero attached hydrogens (tertiary/aromatic N) is 1. The molecule has 0 saturated carbocycles. The first kappa shape index (κ1) is 11.4. The molecule has 1 aromatic heterocycles. The molecule has 17 heavy (non-hydrogen) atoms. The van der Waals surface area contributed by atoms with Crippen molar-refractivity contribution in [2.24, 2.45) is 0 Å². The molecule has 1 aromatic carbocycles. The van der Waals surface area contributed by atoms with Crippen LogP contribution in [0.25, 0.3) is 0 Å². The SMILES string of the molecule is Cc1cnc(NC(=O)c2ccc(N)c(N)c2)s1. The highest BCUT2D eigenvalue weighted by Gasteiger charge is 2.09. The van der Waals surface area contributed by atoms with E-state index < -0.39 is 0 Å². The van der Waals surface area contributed by atoms with Crippen molar-refractivity contribution in [1.82, 2.24) is 4.98 Å². The largest absolute Gasteiger partial charge is 0.397 e. The minimum absolute atomic E-state index is 0.244. The lowest BCUT2D eigenvalue weighted by molar-refractivity contribution is 0.102. The van der Waals surface area contributed by atoms with Crippen molar-refractivity contribution in [3.63, 3.8) is 0 Å². The fourth-order valence-corrected chi connectivity index (χ4v) is 1.96. The third kappa shape index (κ3) is 2.54. The Labute approximate surface area is 102 Å². The fourth-order valence-electron chi connectivity index (χ4n) is 1.30. The van der Waals surface area contributed by atoms with Crippen molar-refractivity contribution < 1.29 is 4.79 Å². The van der Waals surface area contributed by atoms with Crippen molar-refractivity contribution in [2.45, 2.75) is 6.92 Å². The van der Waals surface area contributed by atoms with Crippen LogP contribution in [0, 0.1) is 6.92 Å². The molecule has 0 aliphatic heterocycles. The van der Waals surface area contributed by atoms with Gasteiger partial charge in [0, 0.05) is 16.6 Å². The van der Waals surface area contributed by atoms with E-state index in [-0.39, 0.29) is 5.91 Å². The highest BCUT2D eigenvalue weighted by molar-refractivity contribution is 7.15. The first-order chi connectivity index (χ1) is 8.06. The standard InChI is InChI=1S/C11H12N4OS/c1-6-5-14-11(17-6)15-10(16)7-2-3-8(12)9(13)4-7/h2-5H,12-13H2,1H3,(H,14,15,16). The molecule has 88 valence electrons. The van der Waals surface area contributed by atoms with Crippen molar-refractivity contribution >= 4 is 33.8 Å². The predicted octanol–water partition coefficient (Wildman–Crippen LogP) is 1.87. The van der Waals surface area contributed by atoms with Gasteiger partial charge in [-0.2, -0.15) is 0 Å². The Kier molecular flexibility index (Phi) is 2.97. The number of aryl methyl sites for hydroxylation is 1. The monoisotopic (exact) mass is 248 g/mol. The van der Waals surface area contributed by atoms with Crippen molar-refractivity contribution in [2.75, 3.05) is 16.8 Å². The van der Waals surface area contributed by atoms with Gasteiger partial charge in [0.2, 0.25) is 0 Å². The minimum atomic E-state index is -0.244. The predicted molar refractivity (Wildman–Crippen MR) is 70.1 cm³/mol. The minimum Gasteiger partial charge on any atom is -0.397 e. The number of carbonyl (C=O) groups is 1. The molecule has 6 heteroatoms. The van der Waals surface area contributed by atoms with Crippen molar-refractivity contribution in [1.29, 1.82) is 0 Å². The topological polar surface area (TPSA) is 94.0 Å². The van der Waals surface area contributed by atoms with E-state index in [1.807, 2.05) is 6.92 Å². The Bertz CT molecular complexity index is 564. The summed E-state index contributed by atoms with van der Waals surface area (Å²) in [6.45, 7) is 1.93. The van der Waals surface area contributed by atoms with E-state index in [9.17, 15) is 4.79 Å². The average molecular weight is 248 g/mol. The van der Waals surface area contributed by atoms with Crippen LogP contribution >= 0.6 is 11.3 Å². The number of rotatable bonds is 2. The molecule has 1 heterocycles. The van der Waals surface area contributed by atoms with E-state index in [1.165, 1.54) is 11.3 Å². The van der Waals surface area contributed by atoms with Crippen LogP contribution in [0.2, 0.25) is 0 Å². The highest BCUT2D eigenvalue weighted by Crippen LogP contribution is 2.20. The zero-order chi connectivity index (χ0) is 12.4. The van der Waals surface area contributed by atoms with E-state index in [0.29, 0.717) is 22.1 Å². The van der Waals surface area contributed by atoms with Crippen LogP contribution in [0.3, 0.4) is 0 Å². The third-order valence-electron chi connectivity index (χ3n) is 2.19. The molecule has 0 saturated heterocycles. The second kappa shape index (κ2) is 4.42. The summed E-state index contributed by atoms with van der Waals surface area (Å²) in [5.74, 6) is -0.244. The smallest absolute Gasteiger partial charge is 0.257 e. The van der Waals surface area contributed by atoms with Gasteiger partial charge in [-0.3, -0.25) is 10.1 Å². The lowest BCUT2D eigenvalue weighted by Gasteiger charge is -2.04. The van der Waals surface area contributed by atoms with E-state index >= 15 is 0 Å². The number of aromatic nitrogens is 1. The van der Waals surface area contributed by atoms with Gasteiger partial charge in [0.15, 0.2) is 5.13 Å². The number of benzene rings is 1. The Morgan fingerprint density at radius 2 is 2.12 bits per heavy atom. The number of nitrogens with one attached hydrogen (secondary N) is 1. The summed E-state index contributed by atoms with van der Waals surface area (Å²) in [6, 6.07) is 4.78. The van der Waals surface area contributed by atoms with Crippen LogP contribution in [-0.2, 0) is 0 Å². The number of hydrogen-bond donors (Lipinski definition) is 3. The van der Waals surface area contributed by atoms with Gasteiger partial charge >= 0.3 is 0 Å². The summed E-state index contributed by atoms with van der Waals surface area (Å²) < 4.78 is 0. The lowest BCUT2D eigenvalue weighted by atomic mass is 10.1. The summed E-state index contributed by atoms with van der Waals surface area (Å²) in [5.41, 5.74) is 12.5. The van der Waals surface area contributed by atoms with Gasteiger partial charge in [0.1, 0.15) is 0 Å². The maximum absolute atomic E-state index is 11.8. The first-order valence-corrected chi connectivity index (χ1v) is 5.76. The number of thiazole rings is 1. The van der Waals surface area contributed by atoms with Gasteiger partial charge in [-0.15, -0.1) is 11.3 Å². The Morgan fingerprint density at radius 3 is 2.71 bits per heavy atom. The number of anilines is 3. The van der Waals surface area contributed by atoms with Gasteiger partial charge in [-0.1, -0.05) is 0 Å². The van der Waals surface area contributed by atoms with Gasteiger partial charge in [0.25, 0.3) is 5.91 Å². The number of amides is 1. The van der Waals surface area contributed by atoms with Crippen LogP contribution < -0.4 is 16.8 Å². The number of hydrogen-bond acceptors (Lipinski definition) is 5. The van der Waals surface area contributed by atoms with Crippen LogP contribution in [-0.4, -0.2) is 10.9 Å². The van der Waals surface area contributed by atoms with Crippen molar-refractivity contribution in [3.8, 4) is 0 Å². The maximum Gasteiger partial charge on any atom is 0.257 e. The van der Waals surface area contributed by atoms with Gasteiger partial charge in [-0.05, 0) is 25.1 Å². The molecule has 0 atom stereocenters. The zero-order valence-electron chi connectivity index (χ0n) is 9.23. The molecule has 0 aliphatic carbocycles. The molecular weight excluding hydrogens is 236 g/mol. The second-order valence-electron chi connectivity index (χ2n) is 3.57. The molecule has 2 aromatic rings. The molecule has 0 spiro atoms. The zero-order valence-corrected chi connectivity index (χ0v) is 10.0. The van der Waals surface area contributed by atoms with E-state index in [1.54, 1.807) is 24.4 Å². The third-order valence-corrected chi connectivity index (χ3v) is 3.02. The second-order valence-corrected chi connectivity index (χ2v) is 4.81. The summed E-state index contributed by atoms with van der Waals surface area (Å²) >= 11 is 1.42. The molecule has 0 bridgehead atoms. The van der Waals surface area contributed by atoms with Gasteiger partial charge < -0.3 is 11.5 Å². The quantitative estimate of drug-likeness (QED) is 0.707. The number of nitrogens with two attached hydrogens (primary N) is 2. The molecule has 0 aliphatic rings. The molecule has 5 nitrogen and oxygen atoms in total. The summed E-state index contributed by atoms with van der Waals surface area (Å²) in [6.07, 6.45) is 1.71. The van der Waals surface area contributed by atoms with E-state index in [2.05, 4.69) is 10.3 Å². The Balaban J connectivity index is 2.17. The van der Waals surface area contributed by atoms with Crippen LogP contribution in [0.4, 0.5) is 16.5 Å². The molecule has 0 unspecified atom stereocenters. The molecule has 0 fully saturated rings. The van der Waals surface area contributed by atoms with Crippen molar-refractivity contribution in [3.05, 3.63) is 34.8 Å². The molecule has 1 amide bonds. The van der Waals surface area contributed by atoms with E-state index in [4.69, 9.17) is 11.5 Å². The summed E-state index contributed by atoms with van der Waals surface area (Å²) in [5, 5.41) is 3.27. The van der Waals surface area contributed by atoms with Gasteiger partial charge in [0.05, 0.1) is 11.4 Å². The molecule has 2 rings (SSSR count).